The molecule has 5 N–H and O–H groups in total. The van der Waals surface area contributed by atoms with Crippen molar-refractivity contribution < 1.29 is 33.8 Å². The largest absolute Gasteiger partial charge is 0.444 e. The third-order valence-corrected chi connectivity index (χ3v) is 7.01. The van der Waals surface area contributed by atoms with Gasteiger partial charge in [-0.1, -0.05) is 51.1 Å². The fourth-order valence-electron chi connectivity index (χ4n) is 4.73. The van der Waals surface area contributed by atoms with Crippen LogP contribution in [0.1, 0.15) is 73.3 Å². The van der Waals surface area contributed by atoms with E-state index in [9.17, 15) is 24.3 Å². The number of aliphatic hydroxyl groups is 1. The van der Waals surface area contributed by atoms with E-state index in [-0.39, 0.29) is 30.1 Å². The van der Waals surface area contributed by atoms with Crippen LogP contribution >= 0.6 is 0 Å². The topological polar surface area (TPSA) is 155 Å². The molecule has 1 fully saturated rings. The molecular formula is C31H50N4O7. The number of amides is 4. The number of nitrogens with one attached hydrogen (secondary N) is 4. The molecule has 1 heterocycles. The lowest BCUT2D eigenvalue weighted by Crippen LogP contribution is -2.56. The Morgan fingerprint density at radius 2 is 1.62 bits per heavy atom. The van der Waals surface area contributed by atoms with Crippen molar-refractivity contribution in [3.05, 3.63) is 35.9 Å². The second kappa shape index (κ2) is 16.5. The standard InChI is InChI=1S/C31H50N4O7/c1-19(2)15-24(34-29(39)26(23-13-14-41-18-23)35-30(40)42-31(5,6)7)25(36)16-20(3)27(37)33-21(4)28(38)32-17-22-11-9-8-10-12-22/h8-12,19-21,23-26,36H,13-18H2,1-7H3,(H,32,38)(H,33,37)(H,34,39)(H,35,40)/t20-,21+,23-,24+,25+,26?/m1/s1. The monoisotopic (exact) mass is 590 g/mol. The van der Waals surface area contributed by atoms with E-state index < -0.39 is 47.7 Å². The van der Waals surface area contributed by atoms with Gasteiger partial charge in [0.05, 0.1) is 18.8 Å². The number of hydrogen-bond acceptors (Lipinski definition) is 7. The Labute approximate surface area is 249 Å². The van der Waals surface area contributed by atoms with Gasteiger partial charge in [-0.15, -0.1) is 0 Å². The zero-order valence-electron chi connectivity index (χ0n) is 26.1. The highest BCUT2D eigenvalue weighted by atomic mass is 16.6. The average Bonchev–Trinajstić information content (AvgIpc) is 3.43. The van der Waals surface area contributed by atoms with Crippen LogP contribution in [0.3, 0.4) is 0 Å². The molecule has 11 heteroatoms. The molecule has 1 unspecified atom stereocenters. The molecule has 1 saturated heterocycles. The SMILES string of the molecule is CC(C)C[C@H](NC(=O)C(NC(=O)OC(C)(C)C)[C@@H]1CCOC1)[C@@H](O)C[C@@H](C)C(=O)N[C@@H](C)C(=O)NCc1ccccc1. The maximum absolute atomic E-state index is 13.5. The van der Waals surface area contributed by atoms with E-state index in [1.54, 1.807) is 34.6 Å². The van der Waals surface area contributed by atoms with E-state index >= 15 is 0 Å². The van der Waals surface area contributed by atoms with Gasteiger partial charge < -0.3 is 35.8 Å². The molecule has 236 valence electrons. The Balaban J connectivity index is 1.99. The molecule has 4 amide bonds. The molecule has 1 aliphatic rings. The zero-order valence-corrected chi connectivity index (χ0v) is 26.1. The van der Waals surface area contributed by atoms with Crippen molar-refractivity contribution in [2.75, 3.05) is 13.2 Å². The molecule has 0 bridgehead atoms. The number of ether oxygens (including phenoxy) is 2. The van der Waals surface area contributed by atoms with Gasteiger partial charge >= 0.3 is 6.09 Å². The van der Waals surface area contributed by atoms with E-state index in [4.69, 9.17) is 9.47 Å². The van der Waals surface area contributed by atoms with Gasteiger partial charge in [-0.3, -0.25) is 14.4 Å². The quantitative estimate of drug-likeness (QED) is 0.223. The van der Waals surface area contributed by atoms with Gasteiger partial charge in [0.25, 0.3) is 0 Å². The van der Waals surface area contributed by atoms with Crippen LogP contribution in [0.5, 0.6) is 0 Å². The average molecular weight is 591 g/mol. The van der Waals surface area contributed by atoms with Crippen LogP contribution in [-0.4, -0.2) is 72.0 Å². The fourth-order valence-corrected chi connectivity index (χ4v) is 4.73. The summed E-state index contributed by atoms with van der Waals surface area (Å²) >= 11 is 0. The molecule has 0 aromatic heterocycles. The summed E-state index contributed by atoms with van der Waals surface area (Å²) in [7, 11) is 0. The summed E-state index contributed by atoms with van der Waals surface area (Å²) in [5.74, 6) is -1.87. The molecule has 11 nitrogen and oxygen atoms in total. The highest BCUT2D eigenvalue weighted by Crippen LogP contribution is 2.20. The van der Waals surface area contributed by atoms with Crippen LogP contribution in [0.25, 0.3) is 0 Å². The lowest BCUT2D eigenvalue weighted by Gasteiger charge is -2.31. The first-order valence-electron chi connectivity index (χ1n) is 14.8. The van der Waals surface area contributed by atoms with Gasteiger partial charge in [0.1, 0.15) is 17.7 Å². The molecule has 0 aliphatic carbocycles. The summed E-state index contributed by atoms with van der Waals surface area (Å²) in [5, 5.41) is 22.3. The summed E-state index contributed by atoms with van der Waals surface area (Å²) in [5.41, 5.74) is 0.216. The Morgan fingerprint density at radius 3 is 2.19 bits per heavy atom. The first kappa shape index (κ1) is 35.0. The van der Waals surface area contributed by atoms with Crippen molar-refractivity contribution in [1.82, 2.24) is 21.3 Å². The molecule has 0 spiro atoms. The van der Waals surface area contributed by atoms with Crippen molar-refractivity contribution in [3.8, 4) is 0 Å². The molecule has 1 aromatic rings. The van der Waals surface area contributed by atoms with Gasteiger partial charge in [-0.2, -0.15) is 0 Å². The normalized spacial score (nSPS) is 18.7. The van der Waals surface area contributed by atoms with Gasteiger partial charge in [0.2, 0.25) is 17.7 Å². The van der Waals surface area contributed by atoms with Crippen molar-refractivity contribution in [3.63, 3.8) is 0 Å². The van der Waals surface area contributed by atoms with Crippen molar-refractivity contribution in [2.45, 2.75) is 104 Å². The number of hydrogen-bond donors (Lipinski definition) is 5. The van der Waals surface area contributed by atoms with E-state index in [1.807, 2.05) is 44.2 Å². The Kier molecular flexibility index (Phi) is 13.7. The van der Waals surface area contributed by atoms with Crippen LogP contribution in [0, 0.1) is 17.8 Å². The van der Waals surface area contributed by atoms with Crippen LogP contribution in [0.2, 0.25) is 0 Å². The zero-order chi connectivity index (χ0) is 31.4. The number of alkyl carbamates (subject to hydrolysis) is 1. The number of benzene rings is 1. The van der Waals surface area contributed by atoms with Crippen LogP contribution in [-0.2, 0) is 30.4 Å². The maximum atomic E-state index is 13.5. The molecule has 0 saturated carbocycles. The minimum Gasteiger partial charge on any atom is -0.444 e. The third-order valence-electron chi connectivity index (χ3n) is 7.01. The van der Waals surface area contributed by atoms with Crippen molar-refractivity contribution in [2.24, 2.45) is 17.8 Å². The van der Waals surface area contributed by atoms with E-state index in [2.05, 4.69) is 21.3 Å². The minimum absolute atomic E-state index is 0.0680. The second-order valence-corrected chi connectivity index (χ2v) is 12.6. The molecule has 42 heavy (non-hydrogen) atoms. The van der Waals surface area contributed by atoms with Crippen molar-refractivity contribution >= 4 is 23.8 Å². The van der Waals surface area contributed by atoms with Gasteiger partial charge in [-0.05, 0) is 58.4 Å². The number of carbonyl (C=O) groups excluding carboxylic acids is 4. The predicted molar refractivity (Wildman–Crippen MR) is 159 cm³/mol. The molecule has 1 aromatic carbocycles. The van der Waals surface area contributed by atoms with E-state index in [0.29, 0.717) is 32.6 Å². The smallest absolute Gasteiger partial charge is 0.408 e. The Hall–Kier alpha value is -3.18. The van der Waals surface area contributed by atoms with Gasteiger partial charge in [0, 0.05) is 25.0 Å². The lowest BCUT2D eigenvalue weighted by atomic mass is 9.91. The van der Waals surface area contributed by atoms with Crippen LogP contribution in [0.4, 0.5) is 4.79 Å². The summed E-state index contributed by atoms with van der Waals surface area (Å²) in [6.07, 6.45) is -0.623. The van der Waals surface area contributed by atoms with Crippen LogP contribution in [0.15, 0.2) is 30.3 Å². The maximum Gasteiger partial charge on any atom is 0.408 e. The van der Waals surface area contributed by atoms with Crippen molar-refractivity contribution in [1.29, 1.82) is 0 Å². The third kappa shape index (κ3) is 12.4. The summed E-state index contributed by atoms with van der Waals surface area (Å²) < 4.78 is 10.8. The molecule has 6 atom stereocenters. The van der Waals surface area contributed by atoms with E-state index in [1.165, 1.54) is 0 Å². The number of carbonyl (C=O) groups is 4. The fraction of sp³-hybridized carbons (Fsp3) is 0.677. The molecule has 2 rings (SSSR count). The predicted octanol–water partition coefficient (Wildman–Crippen LogP) is 2.66. The minimum atomic E-state index is -1.04. The molecule has 0 radical (unpaired) electrons. The first-order chi connectivity index (χ1) is 19.7. The second-order valence-electron chi connectivity index (χ2n) is 12.6. The summed E-state index contributed by atoms with van der Waals surface area (Å²) in [6, 6.07) is 7.13. The van der Waals surface area contributed by atoms with Gasteiger partial charge in [0.15, 0.2) is 0 Å². The first-order valence-corrected chi connectivity index (χ1v) is 14.8. The number of rotatable bonds is 14. The summed E-state index contributed by atoms with van der Waals surface area (Å²) in [6.45, 7) is 13.6. The highest BCUT2D eigenvalue weighted by molar-refractivity contribution is 5.88. The number of aliphatic hydroxyl groups excluding tert-OH is 1. The lowest BCUT2D eigenvalue weighted by molar-refractivity contribution is -0.131. The Morgan fingerprint density at radius 1 is 0.952 bits per heavy atom. The molecular weight excluding hydrogens is 540 g/mol. The highest BCUT2D eigenvalue weighted by Gasteiger charge is 2.36. The molecule has 1 aliphatic heterocycles. The summed E-state index contributed by atoms with van der Waals surface area (Å²) in [4.78, 5) is 51.4. The van der Waals surface area contributed by atoms with Crippen LogP contribution < -0.4 is 21.3 Å². The Bertz CT molecular complexity index is 1020. The van der Waals surface area contributed by atoms with E-state index in [0.717, 1.165) is 5.56 Å². The van der Waals surface area contributed by atoms with Gasteiger partial charge in [-0.25, -0.2) is 4.79 Å².